The van der Waals surface area contributed by atoms with Crippen molar-refractivity contribution in [3.8, 4) is 0 Å². The van der Waals surface area contributed by atoms with Crippen LogP contribution >= 0.6 is 11.8 Å². The average Bonchev–Trinajstić information content (AvgIpc) is 3.40. The normalized spacial score (nSPS) is 17.3. The van der Waals surface area contributed by atoms with Crippen molar-refractivity contribution in [1.82, 2.24) is 14.8 Å². The zero-order valence-corrected chi connectivity index (χ0v) is 18.2. The van der Waals surface area contributed by atoms with Gasteiger partial charge in [0.25, 0.3) is 5.91 Å². The quantitative estimate of drug-likeness (QED) is 0.651. The van der Waals surface area contributed by atoms with E-state index in [9.17, 15) is 9.59 Å². The molecule has 0 aliphatic carbocycles. The van der Waals surface area contributed by atoms with Crippen LogP contribution in [0.1, 0.15) is 36.2 Å². The number of carbonyl (C=O) groups is 2. The molecule has 2 heterocycles. The molecule has 2 atom stereocenters. The Bertz CT molecular complexity index is 1050. The molecule has 4 rings (SSSR count). The van der Waals surface area contributed by atoms with Gasteiger partial charge in [-0.15, -0.1) is 11.8 Å². The summed E-state index contributed by atoms with van der Waals surface area (Å²) >= 11 is 1.63. The Balaban J connectivity index is 1.64. The molecule has 1 saturated heterocycles. The van der Waals surface area contributed by atoms with E-state index in [0.717, 1.165) is 17.3 Å². The minimum Gasteiger partial charge on any atom is -0.352 e. The molecule has 0 bridgehead atoms. The number of carbonyl (C=O) groups excluding carboxylic acids is 2. The highest BCUT2D eigenvalue weighted by Gasteiger charge is 2.36. The van der Waals surface area contributed by atoms with Crippen LogP contribution in [-0.2, 0) is 11.3 Å². The van der Waals surface area contributed by atoms with E-state index in [2.05, 4.69) is 22.0 Å². The van der Waals surface area contributed by atoms with E-state index < -0.39 is 6.04 Å². The minimum atomic E-state index is -0.423. The van der Waals surface area contributed by atoms with Crippen molar-refractivity contribution in [2.24, 2.45) is 0 Å². The number of fused-ring (bicyclic) bond motifs is 1. The van der Waals surface area contributed by atoms with Crippen molar-refractivity contribution < 1.29 is 9.59 Å². The summed E-state index contributed by atoms with van der Waals surface area (Å²) in [6.07, 6.45) is 2.80. The molecule has 30 heavy (non-hydrogen) atoms. The maximum absolute atomic E-state index is 13.5. The summed E-state index contributed by atoms with van der Waals surface area (Å²) in [4.78, 5) is 28.0. The van der Waals surface area contributed by atoms with Gasteiger partial charge < -0.3 is 14.8 Å². The van der Waals surface area contributed by atoms with Crippen LogP contribution in [0.25, 0.3) is 10.9 Å². The summed E-state index contributed by atoms with van der Waals surface area (Å²) in [5, 5.41) is 3.96. The van der Waals surface area contributed by atoms with Gasteiger partial charge in [-0.3, -0.25) is 9.59 Å². The second-order valence-corrected chi connectivity index (χ2v) is 8.78. The first-order chi connectivity index (χ1) is 14.6. The minimum absolute atomic E-state index is 0.0595. The Labute approximate surface area is 181 Å². The van der Waals surface area contributed by atoms with Crippen molar-refractivity contribution in [1.29, 1.82) is 0 Å². The topological polar surface area (TPSA) is 54.3 Å². The number of rotatable bonds is 6. The van der Waals surface area contributed by atoms with Gasteiger partial charge in [0.1, 0.15) is 6.04 Å². The third kappa shape index (κ3) is 4.10. The Hall–Kier alpha value is -2.73. The summed E-state index contributed by atoms with van der Waals surface area (Å²) in [6, 6.07) is 17.9. The highest BCUT2D eigenvalue weighted by atomic mass is 32.2. The Morgan fingerprint density at radius 3 is 2.63 bits per heavy atom. The molecule has 1 aliphatic rings. The van der Waals surface area contributed by atoms with Crippen LogP contribution in [0.5, 0.6) is 0 Å². The van der Waals surface area contributed by atoms with Crippen molar-refractivity contribution in [2.75, 3.05) is 11.6 Å². The lowest BCUT2D eigenvalue weighted by Crippen LogP contribution is -2.49. The largest absolute Gasteiger partial charge is 0.352 e. The number of thioether (sulfide) groups is 1. The molecule has 0 radical (unpaired) electrons. The molecule has 1 aliphatic heterocycles. The second kappa shape index (κ2) is 8.96. The third-order valence-corrected chi connectivity index (χ3v) is 6.67. The molecule has 5 nitrogen and oxygen atoms in total. The summed E-state index contributed by atoms with van der Waals surface area (Å²) in [5.74, 6) is 1.04. The Kier molecular flexibility index (Phi) is 6.13. The molecule has 1 fully saturated rings. The van der Waals surface area contributed by atoms with Crippen molar-refractivity contribution in [3.05, 3.63) is 71.9 Å². The number of aromatic nitrogens is 1. The van der Waals surface area contributed by atoms with Crippen molar-refractivity contribution in [2.45, 2.75) is 38.9 Å². The SMILES string of the molecule is CCC(C)NC(=O)C1CSCN1C(=O)c1cn(Cc2ccccc2)c2ccccc12. The van der Waals surface area contributed by atoms with E-state index in [1.54, 1.807) is 16.7 Å². The van der Waals surface area contributed by atoms with Gasteiger partial charge in [0.15, 0.2) is 0 Å². The van der Waals surface area contributed by atoms with Gasteiger partial charge in [0.2, 0.25) is 5.91 Å². The third-order valence-electron chi connectivity index (χ3n) is 5.66. The number of nitrogens with one attached hydrogen (secondary N) is 1. The highest BCUT2D eigenvalue weighted by molar-refractivity contribution is 7.99. The number of hydrogen-bond donors (Lipinski definition) is 1. The van der Waals surface area contributed by atoms with Crippen molar-refractivity contribution >= 4 is 34.5 Å². The van der Waals surface area contributed by atoms with Crippen LogP contribution in [-0.4, -0.2) is 45.0 Å². The first-order valence-corrected chi connectivity index (χ1v) is 11.5. The summed E-state index contributed by atoms with van der Waals surface area (Å²) in [5.41, 5.74) is 2.86. The molecule has 3 aromatic rings. The molecular weight excluding hydrogens is 394 g/mol. The molecule has 2 amide bonds. The zero-order valence-electron chi connectivity index (χ0n) is 17.4. The number of para-hydroxylation sites is 1. The predicted octanol–water partition coefficient (Wildman–Crippen LogP) is 4.12. The second-order valence-electron chi connectivity index (χ2n) is 7.78. The lowest BCUT2D eigenvalue weighted by Gasteiger charge is -2.24. The fourth-order valence-electron chi connectivity index (χ4n) is 3.78. The van der Waals surface area contributed by atoms with Gasteiger partial charge in [0.05, 0.1) is 11.4 Å². The summed E-state index contributed by atoms with van der Waals surface area (Å²) in [6.45, 7) is 4.73. The van der Waals surface area contributed by atoms with Gasteiger partial charge in [-0.05, 0) is 25.0 Å². The zero-order chi connectivity index (χ0) is 21.1. The molecular formula is C24H27N3O2S. The standard InChI is InChI=1S/C24H27N3O2S/c1-3-17(2)25-23(28)22-15-30-16-27(22)24(29)20-14-26(13-18-9-5-4-6-10-18)21-12-8-7-11-19(20)21/h4-12,14,17,22H,3,13,15-16H2,1-2H3,(H,25,28). The molecule has 2 unspecified atom stereocenters. The number of hydrogen-bond acceptors (Lipinski definition) is 3. The fourth-order valence-corrected chi connectivity index (χ4v) is 4.94. The molecule has 156 valence electrons. The van der Waals surface area contributed by atoms with Crippen LogP contribution < -0.4 is 5.32 Å². The highest BCUT2D eigenvalue weighted by Crippen LogP contribution is 2.28. The molecule has 1 aromatic heterocycles. The van der Waals surface area contributed by atoms with Gasteiger partial charge in [0, 0.05) is 35.4 Å². The number of nitrogens with zero attached hydrogens (tertiary/aromatic N) is 2. The predicted molar refractivity (Wildman–Crippen MR) is 123 cm³/mol. The van der Waals surface area contributed by atoms with Crippen LogP contribution in [0, 0.1) is 0 Å². The Morgan fingerprint density at radius 1 is 1.13 bits per heavy atom. The smallest absolute Gasteiger partial charge is 0.257 e. The fraction of sp³-hybridized carbons (Fsp3) is 0.333. The average molecular weight is 422 g/mol. The van der Waals surface area contributed by atoms with Gasteiger partial charge in [-0.2, -0.15) is 0 Å². The van der Waals surface area contributed by atoms with Crippen LogP contribution in [0.15, 0.2) is 60.8 Å². The maximum atomic E-state index is 13.5. The maximum Gasteiger partial charge on any atom is 0.257 e. The molecule has 0 saturated carbocycles. The number of benzene rings is 2. The molecule has 6 heteroatoms. The van der Waals surface area contributed by atoms with Crippen molar-refractivity contribution in [3.63, 3.8) is 0 Å². The molecule has 0 spiro atoms. The van der Waals surface area contributed by atoms with E-state index in [-0.39, 0.29) is 17.9 Å². The lowest BCUT2D eigenvalue weighted by atomic mass is 10.1. The van der Waals surface area contributed by atoms with Gasteiger partial charge >= 0.3 is 0 Å². The Morgan fingerprint density at radius 2 is 1.87 bits per heavy atom. The summed E-state index contributed by atoms with van der Waals surface area (Å²) in [7, 11) is 0. The van der Waals surface area contributed by atoms with E-state index in [4.69, 9.17) is 0 Å². The van der Waals surface area contributed by atoms with E-state index >= 15 is 0 Å². The summed E-state index contributed by atoms with van der Waals surface area (Å²) < 4.78 is 2.12. The van der Waals surface area contributed by atoms with Gasteiger partial charge in [-0.1, -0.05) is 55.5 Å². The van der Waals surface area contributed by atoms with E-state index in [1.807, 2.05) is 62.5 Å². The monoisotopic (exact) mass is 421 g/mol. The lowest BCUT2D eigenvalue weighted by molar-refractivity contribution is -0.125. The van der Waals surface area contributed by atoms with E-state index in [0.29, 0.717) is 23.7 Å². The van der Waals surface area contributed by atoms with E-state index in [1.165, 1.54) is 5.56 Å². The first kappa shape index (κ1) is 20.5. The van der Waals surface area contributed by atoms with Crippen LogP contribution in [0.4, 0.5) is 0 Å². The first-order valence-electron chi connectivity index (χ1n) is 10.4. The van der Waals surface area contributed by atoms with Gasteiger partial charge in [-0.25, -0.2) is 0 Å². The molecule has 1 N–H and O–H groups in total. The number of amides is 2. The molecule has 2 aromatic carbocycles. The van der Waals surface area contributed by atoms with Crippen LogP contribution in [0.3, 0.4) is 0 Å². The van der Waals surface area contributed by atoms with Crippen LogP contribution in [0.2, 0.25) is 0 Å².